The summed E-state index contributed by atoms with van der Waals surface area (Å²) >= 11 is 0. The first-order valence-corrected chi connectivity index (χ1v) is 9.96. The highest BCUT2D eigenvalue weighted by molar-refractivity contribution is 6.02. The lowest BCUT2D eigenvalue weighted by Crippen LogP contribution is -2.48. The number of amides is 1. The van der Waals surface area contributed by atoms with E-state index in [9.17, 15) is 4.79 Å². The van der Waals surface area contributed by atoms with Crippen molar-refractivity contribution in [2.45, 2.75) is 51.4 Å². The van der Waals surface area contributed by atoms with Gasteiger partial charge in [0.25, 0.3) is 0 Å². The molecule has 0 radical (unpaired) electrons. The van der Waals surface area contributed by atoms with Gasteiger partial charge in [0.2, 0.25) is 5.91 Å². The molecule has 1 fully saturated rings. The molecule has 5 rings (SSSR count). The Morgan fingerprint density at radius 2 is 1.50 bits per heavy atom. The van der Waals surface area contributed by atoms with Crippen LogP contribution < -0.4 is 5.32 Å². The normalized spacial score (nSPS) is 27.0. The van der Waals surface area contributed by atoms with Gasteiger partial charge in [0.15, 0.2) is 0 Å². The molecule has 1 heterocycles. The number of hydrogen-bond acceptors (Lipinski definition) is 3. The number of nitrogens with one attached hydrogen (secondary N) is 1. The highest BCUT2D eigenvalue weighted by Crippen LogP contribution is 2.70. The molecular formula is C24H25N3O. The Morgan fingerprint density at radius 3 is 2.18 bits per heavy atom. The topological polar surface area (TPSA) is 54.9 Å². The molecule has 1 aromatic heterocycles. The molecule has 1 N–H and O–H groups in total. The SMILES string of the molecule is Cc1ccccc1NC(=O)C12CCC(C)(c3nc4ccccc4nc31)C2(C)C. The number of aromatic nitrogens is 2. The molecule has 2 bridgehead atoms. The quantitative estimate of drug-likeness (QED) is 0.697. The average Bonchev–Trinajstić information content (AvgIpc) is 2.98. The summed E-state index contributed by atoms with van der Waals surface area (Å²) in [5.41, 5.74) is 4.46. The molecule has 4 nitrogen and oxygen atoms in total. The fourth-order valence-corrected chi connectivity index (χ4v) is 5.49. The van der Waals surface area contributed by atoms with E-state index in [1.165, 1.54) is 0 Å². The van der Waals surface area contributed by atoms with Gasteiger partial charge in [0, 0.05) is 11.1 Å². The summed E-state index contributed by atoms with van der Waals surface area (Å²) in [5, 5.41) is 3.23. The number of carbonyl (C=O) groups is 1. The van der Waals surface area contributed by atoms with Crippen LogP contribution in [0.3, 0.4) is 0 Å². The second kappa shape index (κ2) is 5.40. The number of aryl methyl sites for hydroxylation is 1. The molecule has 2 aliphatic rings. The first kappa shape index (κ1) is 17.4. The van der Waals surface area contributed by atoms with E-state index in [0.29, 0.717) is 0 Å². The minimum absolute atomic E-state index is 0.0406. The Labute approximate surface area is 165 Å². The maximum atomic E-state index is 13.8. The van der Waals surface area contributed by atoms with Gasteiger partial charge in [-0.2, -0.15) is 0 Å². The lowest BCUT2D eigenvalue weighted by molar-refractivity contribution is -0.125. The number of para-hydroxylation sites is 3. The molecule has 2 atom stereocenters. The Morgan fingerprint density at radius 1 is 0.893 bits per heavy atom. The van der Waals surface area contributed by atoms with Crippen molar-refractivity contribution in [3.05, 3.63) is 65.5 Å². The van der Waals surface area contributed by atoms with Gasteiger partial charge in [0.1, 0.15) is 0 Å². The summed E-state index contributed by atoms with van der Waals surface area (Å²) < 4.78 is 0. The van der Waals surface area contributed by atoms with Crippen LogP contribution in [0.25, 0.3) is 11.0 Å². The maximum Gasteiger partial charge on any atom is 0.237 e. The molecule has 28 heavy (non-hydrogen) atoms. The highest BCUT2D eigenvalue weighted by Gasteiger charge is 2.73. The number of hydrogen-bond donors (Lipinski definition) is 1. The smallest absolute Gasteiger partial charge is 0.237 e. The van der Waals surface area contributed by atoms with Crippen molar-refractivity contribution in [3.63, 3.8) is 0 Å². The van der Waals surface area contributed by atoms with E-state index in [4.69, 9.17) is 9.97 Å². The van der Waals surface area contributed by atoms with Crippen LogP contribution in [-0.2, 0) is 15.6 Å². The Hall–Kier alpha value is -2.75. The lowest BCUT2D eigenvalue weighted by Gasteiger charge is -2.39. The second-order valence-electron chi connectivity index (χ2n) is 9.04. The van der Waals surface area contributed by atoms with Crippen LogP contribution in [0.15, 0.2) is 48.5 Å². The zero-order valence-corrected chi connectivity index (χ0v) is 16.8. The standard InChI is InChI=1S/C24H25N3O/c1-15-9-5-6-10-16(15)27-21(28)24-14-13-23(4,22(24,2)3)19-20(24)26-18-12-8-7-11-17(18)25-19/h5-12H,13-14H2,1-4H3,(H,27,28). The molecule has 0 aliphatic heterocycles. The van der Waals surface area contributed by atoms with Gasteiger partial charge in [-0.25, -0.2) is 9.97 Å². The zero-order chi connectivity index (χ0) is 19.7. The first-order chi connectivity index (χ1) is 13.3. The fraction of sp³-hybridized carbons (Fsp3) is 0.375. The molecule has 2 aromatic carbocycles. The molecule has 142 valence electrons. The number of benzene rings is 2. The van der Waals surface area contributed by atoms with E-state index in [1.54, 1.807) is 0 Å². The van der Waals surface area contributed by atoms with Crippen LogP contribution >= 0.6 is 0 Å². The number of fused-ring (bicyclic) bond motifs is 6. The molecule has 0 spiro atoms. The van der Waals surface area contributed by atoms with Gasteiger partial charge >= 0.3 is 0 Å². The van der Waals surface area contributed by atoms with Crippen molar-refractivity contribution in [1.29, 1.82) is 0 Å². The van der Waals surface area contributed by atoms with Gasteiger partial charge < -0.3 is 5.32 Å². The number of carbonyl (C=O) groups excluding carboxylic acids is 1. The zero-order valence-electron chi connectivity index (χ0n) is 16.8. The van der Waals surface area contributed by atoms with Crippen LogP contribution in [0.5, 0.6) is 0 Å². The van der Waals surface area contributed by atoms with Crippen molar-refractivity contribution in [3.8, 4) is 0 Å². The highest BCUT2D eigenvalue weighted by atomic mass is 16.2. The van der Waals surface area contributed by atoms with Crippen molar-refractivity contribution in [1.82, 2.24) is 9.97 Å². The third-order valence-corrected chi connectivity index (χ3v) is 7.72. The summed E-state index contributed by atoms with van der Waals surface area (Å²) in [7, 11) is 0. The summed E-state index contributed by atoms with van der Waals surface area (Å²) in [6.07, 6.45) is 1.75. The largest absolute Gasteiger partial charge is 0.325 e. The predicted octanol–water partition coefficient (Wildman–Crippen LogP) is 4.91. The summed E-state index contributed by atoms with van der Waals surface area (Å²) in [6, 6.07) is 15.9. The summed E-state index contributed by atoms with van der Waals surface area (Å²) in [5.74, 6) is 0.0406. The van der Waals surface area contributed by atoms with Crippen LogP contribution in [-0.4, -0.2) is 15.9 Å². The molecule has 4 heteroatoms. The van der Waals surface area contributed by atoms with Crippen LogP contribution in [0, 0.1) is 12.3 Å². The van der Waals surface area contributed by atoms with Crippen molar-refractivity contribution in [2.75, 3.05) is 5.32 Å². The minimum atomic E-state index is -0.670. The van der Waals surface area contributed by atoms with Crippen molar-refractivity contribution in [2.24, 2.45) is 5.41 Å². The monoisotopic (exact) mass is 371 g/mol. The van der Waals surface area contributed by atoms with Crippen LogP contribution in [0.4, 0.5) is 5.69 Å². The molecular weight excluding hydrogens is 346 g/mol. The van der Waals surface area contributed by atoms with E-state index >= 15 is 0 Å². The average molecular weight is 371 g/mol. The molecule has 2 aliphatic carbocycles. The minimum Gasteiger partial charge on any atom is -0.325 e. The van der Waals surface area contributed by atoms with Crippen molar-refractivity contribution >= 4 is 22.6 Å². The fourth-order valence-electron chi connectivity index (χ4n) is 5.49. The molecule has 1 saturated carbocycles. The molecule has 2 unspecified atom stereocenters. The van der Waals surface area contributed by atoms with Crippen LogP contribution in [0.2, 0.25) is 0 Å². The second-order valence-corrected chi connectivity index (χ2v) is 9.04. The molecule has 0 saturated heterocycles. The Balaban J connectivity index is 1.72. The Kier molecular flexibility index (Phi) is 3.35. The van der Waals surface area contributed by atoms with E-state index in [2.05, 4.69) is 26.1 Å². The maximum absolute atomic E-state index is 13.8. The first-order valence-electron chi connectivity index (χ1n) is 9.96. The molecule has 3 aromatic rings. The number of rotatable bonds is 2. The predicted molar refractivity (Wildman–Crippen MR) is 111 cm³/mol. The van der Waals surface area contributed by atoms with Gasteiger partial charge in [0.05, 0.1) is 27.8 Å². The number of anilines is 1. The van der Waals surface area contributed by atoms with E-state index in [0.717, 1.165) is 46.5 Å². The van der Waals surface area contributed by atoms with E-state index in [-0.39, 0.29) is 16.7 Å². The molecule has 1 amide bonds. The van der Waals surface area contributed by atoms with Crippen molar-refractivity contribution < 1.29 is 4.79 Å². The number of nitrogens with zero attached hydrogens (tertiary/aromatic N) is 2. The van der Waals surface area contributed by atoms with E-state index < -0.39 is 5.41 Å². The van der Waals surface area contributed by atoms with E-state index in [1.807, 2.05) is 55.5 Å². The van der Waals surface area contributed by atoms with Gasteiger partial charge in [-0.05, 0) is 48.9 Å². The summed E-state index contributed by atoms with van der Waals surface area (Å²) in [6.45, 7) is 8.70. The van der Waals surface area contributed by atoms with Crippen LogP contribution in [0.1, 0.15) is 50.6 Å². The third-order valence-electron chi connectivity index (χ3n) is 7.72. The third kappa shape index (κ3) is 1.88. The lowest BCUT2D eigenvalue weighted by atomic mass is 9.63. The van der Waals surface area contributed by atoms with Gasteiger partial charge in [-0.1, -0.05) is 51.1 Å². The summed E-state index contributed by atoms with van der Waals surface area (Å²) in [4.78, 5) is 23.9. The Bertz CT molecular complexity index is 1140. The van der Waals surface area contributed by atoms with Gasteiger partial charge in [-0.15, -0.1) is 0 Å². The van der Waals surface area contributed by atoms with Gasteiger partial charge in [-0.3, -0.25) is 4.79 Å².